The first-order valence-electron chi connectivity index (χ1n) is 7.56. The Balaban J connectivity index is 2.28. The molecule has 1 atom stereocenters. The van der Waals surface area contributed by atoms with E-state index in [1.807, 2.05) is 4.68 Å². The Bertz CT molecular complexity index is 438. The van der Waals surface area contributed by atoms with Crippen LogP contribution in [0.3, 0.4) is 0 Å². The number of rotatable bonds is 5. The summed E-state index contributed by atoms with van der Waals surface area (Å²) in [7, 11) is 1.77. The van der Waals surface area contributed by atoms with E-state index in [-0.39, 0.29) is 11.6 Å². The second kappa shape index (κ2) is 6.46. The molecule has 5 heteroatoms. The Morgan fingerprint density at radius 3 is 2.75 bits per heavy atom. The van der Waals surface area contributed by atoms with E-state index >= 15 is 0 Å². The molecule has 20 heavy (non-hydrogen) atoms. The minimum atomic E-state index is -0.304. The van der Waals surface area contributed by atoms with Crippen LogP contribution >= 0.6 is 11.6 Å². The molecular formula is C15H26ClN3O. The molecule has 0 radical (unpaired) electrons. The van der Waals surface area contributed by atoms with Gasteiger partial charge in [-0.15, -0.1) is 0 Å². The first-order chi connectivity index (χ1) is 9.54. The monoisotopic (exact) mass is 299 g/mol. The standard InChI is InChI=1S/C15H26ClN3O/c1-4-9-19-13(12(16)10-18-19)14(17)15(20-3)7-5-11(2)6-8-15/h10-11,14H,4-9,17H2,1-3H3. The van der Waals surface area contributed by atoms with Crippen molar-refractivity contribution in [1.82, 2.24) is 9.78 Å². The lowest BCUT2D eigenvalue weighted by Gasteiger charge is -2.42. The highest BCUT2D eigenvalue weighted by Gasteiger charge is 2.42. The third-order valence-electron chi connectivity index (χ3n) is 4.66. The summed E-state index contributed by atoms with van der Waals surface area (Å²) in [5, 5.41) is 5.00. The van der Waals surface area contributed by atoms with Gasteiger partial charge in [0, 0.05) is 13.7 Å². The first kappa shape index (κ1) is 15.8. The number of hydrogen-bond acceptors (Lipinski definition) is 3. The summed E-state index contributed by atoms with van der Waals surface area (Å²) in [5.41, 5.74) is 7.18. The molecule has 0 spiro atoms. The summed E-state index contributed by atoms with van der Waals surface area (Å²) in [6.45, 7) is 5.25. The summed E-state index contributed by atoms with van der Waals surface area (Å²) < 4.78 is 7.81. The number of aromatic nitrogens is 2. The van der Waals surface area contributed by atoms with Crippen molar-refractivity contribution in [2.75, 3.05) is 7.11 Å². The van der Waals surface area contributed by atoms with Crippen LogP contribution in [0.25, 0.3) is 0 Å². The summed E-state index contributed by atoms with van der Waals surface area (Å²) >= 11 is 6.32. The van der Waals surface area contributed by atoms with E-state index in [1.54, 1.807) is 13.3 Å². The van der Waals surface area contributed by atoms with Crippen LogP contribution in [0.4, 0.5) is 0 Å². The summed E-state index contributed by atoms with van der Waals surface area (Å²) in [6, 6.07) is -0.221. The molecule has 0 aromatic carbocycles. The molecule has 4 nitrogen and oxygen atoms in total. The molecule has 1 aliphatic carbocycles. The number of hydrogen-bond donors (Lipinski definition) is 1. The van der Waals surface area contributed by atoms with Gasteiger partial charge in [-0.1, -0.05) is 25.4 Å². The molecule has 1 aromatic heterocycles. The Hall–Kier alpha value is -0.580. The van der Waals surface area contributed by atoms with E-state index in [0.29, 0.717) is 5.02 Å². The number of ether oxygens (including phenoxy) is 1. The predicted molar refractivity (Wildman–Crippen MR) is 81.8 cm³/mol. The van der Waals surface area contributed by atoms with Gasteiger partial charge in [0.1, 0.15) is 0 Å². The van der Waals surface area contributed by atoms with E-state index < -0.39 is 0 Å². The zero-order chi connectivity index (χ0) is 14.8. The van der Waals surface area contributed by atoms with Gasteiger partial charge >= 0.3 is 0 Å². The maximum absolute atomic E-state index is 6.57. The van der Waals surface area contributed by atoms with E-state index in [9.17, 15) is 0 Å². The number of nitrogens with zero attached hydrogens (tertiary/aromatic N) is 2. The highest BCUT2D eigenvalue weighted by atomic mass is 35.5. The van der Waals surface area contributed by atoms with Gasteiger partial charge in [0.2, 0.25) is 0 Å². The highest BCUT2D eigenvalue weighted by Crippen LogP contribution is 2.43. The predicted octanol–water partition coefficient (Wildman–Crippen LogP) is 3.54. The summed E-state index contributed by atoms with van der Waals surface area (Å²) in [6.07, 6.45) is 6.98. The van der Waals surface area contributed by atoms with E-state index in [4.69, 9.17) is 22.1 Å². The lowest BCUT2D eigenvalue weighted by molar-refractivity contribution is -0.0688. The Labute approximate surface area is 126 Å². The molecular weight excluding hydrogens is 274 g/mol. The quantitative estimate of drug-likeness (QED) is 0.904. The van der Waals surface area contributed by atoms with Gasteiger partial charge in [0.15, 0.2) is 0 Å². The molecule has 114 valence electrons. The Morgan fingerprint density at radius 2 is 2.20 bits per heavy atom. The first-order valence-corrected chi connectivity index (χ1v) is 7.93. The van der Waals surface area contributed by atoms with Crippen molar-refractivity contribution >= 4 is 11.6 Å². The maximum Gasteiger partial charge on any atom is 0.0886 e. The van der Waals surface area contributed by atoms with Gasteiger partial charge < -0.3 is 10.5 Å². The van der Waals surface area contributed by atoms with Gasteiger partial charge in [-0.2, -0.15) is 5.10 Å². The van der Waals surface area contributed by atoms with Crippen molar-refractivity contribution in [3.63, 3.8) is 0 Å². The minimum Gasteiger partial charge on any atom is -0.376 e. The van der Waals surface area contributed by atoms with Gasteiger partial charge in [-0.25, -0.2) is 0 Å². The molecule has 2 N–H and O–H groups in total. The van der Waals surface area contributed by atoms with Crippen LogP contribution in [-0.4, -0.2) is 22.5 Å². The minimum absolute atomic E-state index is 0.221. The fraction of sp³-hybridized carbons (Fsp3) is 0.800. The number of methoxy groups -OCH3 is 1. The number of nitrogens with two attached hydrogens (primary N) is 1. The van der Waals surface area contributed by atoms with Gasteiger partial charge in [-0.3, -0.25) is 4.68 Å². The number of aryl methyl sites for hydroxylation is 1. The summed E-state index contributed by atoms with van der Waals surface area (Å²) in [4.78, 5) is 0. The molecule has 0 amide bonds. The number of halogens is 1. The fourth-order valence-electron chi connectivity index (χ4n) is 3.21. The van der Waals surface area contributed by atoms with Crippen LogP contribution in [0, 0.1) is 5.92 Å². The van der Waals surface area contributed by atoms with Crippen LogP contribution in [0.15, 0.2) is 6.20 Å². The smallest absolute Gasteiger partial charge is 0.0886 e. The third kappa shape index (κ3) is 2.87. The lowest BCUT2D eigenvalue weighted by atomic mass is 9.74. The van der Waals surface area contributed by atoms with Crippen molar-refractivity contribution in [2.45, 2.75) is 64.1 Å². The topological polar surface area (TPSA) is 53.1 Å². The van der Waals surface area contributed by atoms with Crippen LogP contribution in [0.1, 0.15) is 57.7 Å². The molecule has 1 unspecified atom stereocenters. The van der Waals surface area contributed by atoms with Gasteiger partial charge in [0.05, 0.1) is 28.6 Å². The molecule has 1 saturated carbocycles. The van der Waals surface area contributed by atoms with Crippen LogP contribution in [-0.2, 0) is 11.3 Å². The average molecular weight is 300 g/mol. The van der Waals surface area contributed by atoms with Crippen molar-refractivity contribution in [3.05, 3.63) is 16.9 Å². The van der Waals surface area contributed by atoms with Crippen molar-refractivity contribution in [1.29, 1.82) is 0 Å². The van der Waals surface area contributed by atoms with E-state index in [1.165, 1.54) is 0 Å². The molecule has 0 aliphatic heterocycles. The molecule has 1 fully saturated rings. The second-order valence-corrected chi connectivity index (χ2v) is 6.44. The second-order valence-electron chi connectivity index (χ2n) is 6.03. The Kier molecular flexibility index (Phi) is 5.10. The molecule has 0 saturated heterocycles. The van der Waals surface area contributed by atoms with Gasteiger partial charge in [-0.05, 0) is 38.0 Å². The van der Waals surface area contributed by atoms with Crippen molar-refractivity contribution < 1.29 is 4.74 Å². The maximum atomic E-state index is 6.57. The van der Waals surface area contributed by atoms with Gasteiger partial charge in [0.25, 0.3) is 0 Å². The third-order valence-corrected chi connectivity index (χ3v) is 4.95. The van der Waals surface area contributed by atoms with E-state index in [0.717, 1.165) is 50.3 Å². The molecule has 1 heterocycles. The van der Waals surface area contributed by atoms with Crippen LogP contribution in [0.5, 0.6) is 0 Å². The normalized spacial score (nSPS) is 28.6. The highest BCUT2D eigenvalue weighted by molar-refractivity contribution is 6.31. The Morgan fingerprint density at radius 1 is 1.55 bits per heavy atom. The zero-order valence-corrected chi connectivity index (χ0v) is 13.5. The SMILES string of the molecule is CCCn1ncc(Cl)c1C(N)C1(OC)CCC(C)CC1. The van der Waals surface area contributed by atoms with Crippen molar-refractivity contribution in [2.24, 2.45) is 11.7 Å². The fourth-order valence-corrected chi connectivity index (χ4v) is 3.47. The lowest BCUT2D eigenvalue weighted by Crippen LogP contribution is -2.46. The molecule has 2 rings (SSSR count). The largest absolute Gasteiger partial charge is 0.376 e. The molecule has 1 aromatic rings. The van der Waals surface area contributed by atoms with Crippen LogP contribution < -0.4 is 5.73 Å². The molecule has 1 aliphatic rings. The van der Waals surface area contributed by atoms with E-state index in [2.05, 4.69) is 18.9 Å². The zero-order valence-electron chi connectivity index (χ0n) is 12.7. The average Bonchev–Trinajstić information content (AvgIpc) is 2.81. The molecule has 0 bridgehead atoms. The van der Waals surface area contributed by atoms with Crippen molar-refractivity contribution in [3.8, 4) is 0 Å². The van der Waals surface area contributed by atoms with Crippen LogP contribution in [0.2, 0.25) is 5.02 Å². The summed E-state index contributed by atoms with van der Waals surface area (Å²) in [5.74, 6) is 0.751.